The van der Waals surface area contributed by atoms with Crippen LogP contribution in [0.4, 0.5) is 0 Å². The summed E-state index contributed by atoms with van der Waals surface area (Å²) in [5, 5.41) is 11.0. The van der Waals surface area contributed by atoms with Gasteiger partial charge >= 0.3 is 0 Å². The number of benzene rings is 1. The summed E-state index contributed by atoms with van der Waals surface area (Å²) in [6.45, 7) is 0.0660. The summed E-state index contributed by atoms with van der Waals surface area (Å²) in [5.41, 5.74) is 0.555. The minimum atomic E-state index is -3.60. The van der Waals surface area contributed by atoms with Crippen LogP contribution in [0.5, 0.6) is 0 Å². The summed E-state index contributed by atoms with van der Waals surface area (Å²) < 4.78 is 27.4. The molecule has 0 saturated heterocycles. The smallest absolute Gasteiger partial charge is 0.242 e. The molecule has 1 aromatic heterocycles. The van der Waals surface area contributed by atoms with Crippen molar-refractivity contribution in [3.05, 3.63) is 50.6 Å². The Labute approximate surface area is 124 Å². The highest BCUT2D eigenvalue weighted by Crippen LogP contribution is 2.23. The largest absolute Gasteiger partial charge is 0.392 e. The number of aliphatic hydroxyl groups excluding tert-OH is 1. The van der Waals surface area contributed by atoms with Crippen LogP contribution < -0.4 is 4.72 Å². The average molecular weight is 362 g/mol. The van der Waals surface area contributed by atoms with Crippen molar-refractivity contribution in [1.82, 2.24) is 4.72 Å². The SMILES string of the molecule is O=S(=O)(NCc1cccs1)c1cc(CO)ccc1Br. The van der Waals surface area contributed by atoms with Gasteiger partial charge in [-0.3, -0.25) is 0 Å². The molecule has 0 radical (unpaired) electrons. The molecule has 1 heterocycles. The summed E-state index contributed by atoms with van der Waals surface area (Å²) >= 11 is 4.71. The first kappa shape index (κ1) is 14.7. The molecule has 0 aliphatic carbocycles. The summed E-state index contributed by atoms with van der Waals surface area (Å²) in [4.78, 5) is 1.08. The van der Waals surface area contributed by atoms with Crippen LogP contribution in [-0.2, 0) is 23.2 Å². The average Bonchev–Trinajstić information content (AvgIpc) is 2.90. The lowest BCUT2D eigenvalue weighted by Crippen LogP contribution is -2.23. The quantitative estimate of drug-likeness (QED) is 0.859. The maximum atomic E-state index is 12.2. The zero-order valence-corrected chi connectivity index (χ0v) is 13.1. The highest BCUT2D eigenvalue weighted by molar-refractivity contribution is 9.10. The number of rotatable bonds is 5. The maximum Gasteiger partial charge on any atom is 0.242 e. The second-order valence-corrected chi connectivity index (χ2v) is 7.45. The highest BCUT2D eigenvalue weighted by atomic mass is 79.9. The van der Waals surface area contributed by atoms with Gasteiger partial charge in [-0.1, -0.05) is 12.1 Å². The van der Waals surface area contributed by atoms with Gasteiger partial charge in [0.05, 0.1) is 11.5 Å². The van der Waals surface area contributed by atoms with Crippen molar-refractivity contribution in [2.75, 3.05) is 0 Å². The van der Waals surface area contributed by atoms with Gasteiger partial charge in [0.2, 0.25) is 10.0 Å². The van der Waals surface area contributed by atoms with E-state index in [1.165, 1.54) is 17.4 Å². The molecule has 0 unspecified atom stereocenters. The Bertz CT molecular complexity index is 654. The number of aliphatic hydroxyl groups is 1. The molecule has 0 bridgehead atoms. The molecule has 0 saturated carbocycles. The Hall–Kier alpha value is -0.730. The third kappa shape index (κ3) is 3.64. The second-order valence-electron chi connectivity index (χ2n) is 3.83. The molecular formula is C12H12BrNO3S2. The summed E-state index contributed by atoms with van der Waals surface area (Å²) in [5.74, 6) is 0. The number of nitrogens with one attached hydrogen (secondary N) is 1. The number of sulfonamides is 1. The van der Waals surface area contributed by atoms with Crippen molar-refractivity contribution >= 4 is 37.3 Å². The molecule has 4 nitrogen and oxygen atoms in total. The molecule has 2 N–H and O–H groups in total. The Kier molecular flexibility index (Phi) is 4.75. The van der Waals surface area contributed by atoms with E-state index in [1.807, 2.05) is 17.5 Å². The van der Waals surface area contributed by atoms with E-state index >= 15 is 0 Å². The fourth-order valence-electron chi connectivity index (χ4n) is 1.51. The van der Waals surface area contributed by atoms with Gasteiger partial charge in [0.15, 0.2) is 0 Å². The van der Waals surface area contributed by atoms with E-state index in [4.69, 9.17) is 5.11 Å². The molecule has 0 spiro atoms. The Morgan fingerprint density at radius 1 is 1.32 bits per heavy atom. The third-order valence-corrected chi connectivity index (χ3v) is 5.76. The first-order valence-electron chi connectivity index (χ1n) is 5.44. The topological polar surface area (TPSA) is 66.4 Å². The van der Waals surface area contributed by atoms with Crippen molar-refractivity contribution in [3.63, 3.8) is 0 Å². The molecule has 0 aliphatic heterocycles. The molecule has 1 aromatic carbocycles. The molecule has 2 aromatic rings. The number of hydrogen-bond donors (Lipinski definition) is 2. The van der Waals surface area contributed by atoms with Crippen LogP contribution in [0.25, 0.3) is 0 Å². The molecule has 0 fully saturated rings. The van der Waals surface area contributed by atoms with Gasteiger partial charge in [-0.2, -0.15) is 0 Å². The van der Waals surface area contributed by atoms with Crippen LogP contribution in [0.15, 0.2) is 45.1 Å². The number of halogens is 1. The Morgan fingerprint density at radius 3 is 2.74 bits per heavy atom. The number of thiophene rings is 1. The van der Waals surface area contributed by atoms with Crippen molar-refractivity contribution in [3.8, 4) is 0 Å². The standard InChI is InChI=1S/C12H12BrNO3S2/c13-11-4-3-9(8-15)6-12(11)19(16,17)14-7-10-2-1-5-18-10/h1-6,14-15H,7-8H2. The second kappa shape index (κ2) is 6.15. The Morgan fingerprint density at radius 2 is 2.11 bits per heavy atom. The van der Waals surface area contributed by atoms with Crippen molar-refractivity contribution < 1.29 is 13.5 Å². The lowest BCUT2D eigenvalue weighted by Gasteiger charge is -2.09. The summed E-state index contributed by atoms with van der Waals surface area (Å²) in [7, 11) is -3.60. The van der Waals surface area contributed by atoms with Crippen LogP contribution >= 0.6 is 27.3 Å². The van der Waals surface area contributed by atoms with E-state index in [2.05, 4.69) is 20.7 Å². The predicted molar refractivity (Wildman–Crippen MR) is 78.4 cm³/mol. The molecule has 0 atom stereocenters. The zero-order chi connectivity index (χ0) is 13.9. The van der Waals surface area contributed by atoms with Crippen molar-refractivity contribution in [2.45, 2.75) is 18.0 Å². The van der Waals surface area contributed by atoms with Gasteiger partial charge in [-0.05, 0) is 45.1 Å². The molecule has 102 valence electrons. The number of hydrogen-bond acceptors (Lipinski definition) is 4. The monoisotopic (exact) mass is 361 g/mol. The van der Waals surface area contributed by atoms with E-state index < -0.39 is 10.0 Å². The zero-order valence-electron chi connectivity index (χ0n) is 9.84. The minimum Gasteiger partial charge on any atom is -0.392 e. The highest BCUT2D eigenvalue weighted by Gasteiger charge is 2.18. The van der Waals surface area contributed by atoms with E-state index in [0.29, 0.717) is 10.0 Å². The molecule has 19 heavy (non-hydrogen) atoms. The maximum absolute atomic E-state index is 12.2. The van der Waals surface area contributed by atoms with Gasteiger partial charge in [-0.25, -0.2) is 13.1 Å². The van der Waals surface area contributed by atoms with Gasteiger partial charge in [0.25, 0.3) is 0 Å². The lowest BCUT2D eigenvalue weighted by molar-refractivity contribution is 0.281. The molecule has 7 heteroatoms. The molecule has 2 rings (SSSR count). The van der Waals surface area contributed by atoms with Gasteiger partial charge in [-0.15, -0.1) is 11.3 Å². The first-order valence-corrected chi connectivity index (χ1v) is 8.60. The van der Waals surface area contributed by atoms with E-state index in [1.54, 1.807) is 12.1 Å². The fourth-order valence-corrected chi connectivity index (χ4v) is 4.26. The van der Waals surface area contributed by atoms with Gasteiger partial charge in [0, 0.05) is 15.9 Å². The van der Waals surface area contributed by atoms with E-state index in [9.17, 15) is 8.42 Å². The van der Waals surface area contributed by atoms with Crippen molar-refractivity contribution in [1.29, 1.82) is 0 Å². The van der Waals surface area contributed by atoms with Crippen molar-refractivity contribution in [2.24, 2.45) is 0 Å². The van der Waals surface area contributed by atoms with E-state index in [0.717, 1.165) is 4.88 Å². The van der Waals surface area contributed by atoms with Gasteiger partial charge < -0.3 is 5.11 Å². The van der Waals surface area contributed by atoms with Crippen LogP contribution in [-0.4, -0.2) is 13.5 Å². The lowest BCUT2D eigenvalue weighted by atomic mass is 10.2. The van der Waals surface area contributed by atoms with Gasteiger partial charge in [0.1, 0.15) is 0 Å². The third-order valence-electron chi connectivity index (χ3n) is 2.48. The summed E-state index contributed by atoms with van der Waals surface area (Å²) in [6.07, 6.45) is 0. The fraction of sp³-hybridized carbons (Fsp3) is 0.167. The molecule has 0 amide bonds. The van der Waals surface area contributed by atoms with E-state index in [-0.39, 0.29) is 18.0 Å². The summed E-state index contributed by atoms with van der Waals surface area (Å²) in [6, 6.07) is 8.48. The molecular weight excluding hydrogens is 350 g/mol. The Balaban J connectivity index is 2.23. The van der Waals surface area contributed by atoms with Crippen LogP contribution in [0.2, 0.25) is 0 Å². The first-order chi connectivity index (χ1) is 9.03. The normalized spacial score (nSPS) is 11.7. The van der Waals surface area contributed by atoms with Crippen LogP contribution in [0, 0.1) is 0 Å². The van der Waals surface area contributed by atoms with Crippen LogP contribution in [0.1, 0.15) is 10.4 Å². The molecule has 0 aliphatic rings. The minimum absolute atomic E-state index is 0.135. The van der Waals surface area contributed by atoms with Crippen LogP contribution in [0.3, 0.4) is 0 Å². The predicted octanol–water partition coefficient (Wildman–Crippen LogP) is 2.48.